The van der Waals surface area contributed by atoms with Crippen LogP contribution in [0.3, 0.4) is 0 Å². The Morgan fingerprint density at radius 3 is 2.39 bits per heavy atom. The smallest absolute Gasteiger partial charge is 0.329 e. The Labute approximate surface area is 179 Å². The SMILES string of the molecule is CCOc1cc(/C=N\NC(=O)C(=O)Nc2ccc(Oc3ccccc3)cc2)ccc1O. The third kappa shape index (κ3) is 6.33. The molecule has 3 aromatic rings. The number of amides is 2. The van der Waals surface area contributed by atoms with Crippen molar-refractivity contribution in [1.82, 2.24) is 5.43 Å². The number of phenols is 1. The molecule has 3 N–H and O–H groups in total. The van der Waals surface area contributed by atoms with Crippen LogP contribution in [0.15, 0.2) is 77.9 Å². The Bertz CT molecular complexity index is 1070. The highest BCUT2D eigenvalue weighted by molar-refractivity contribution is 6.39. The number of nitrogens with one attached hydrogen (secondary N) is 2. The average Bonchev–Trinajstić information content (AvgIpc) is 2.78. The number of aromatic hydroxyl groups is 1. The fourth-order valence-electron chi connectivity index (χ4n) is 2.52. The standard InChI is InChI=1S/C23H21N3O5/c1-2-30-21-14-16(8-13-20(21)27)15-24-26-23(29)22(28)25-17-9-11-19(12-10-17)31-18-6-4-3-5-7-18/h3-15,27H,2H2,1H3,(H,25,28)(H,26,29)/b24-15-. The molecule has 2 amide bonds. The summed E-state index contributed by atoms with van der Waals surface area (Å²) in [7, 11) is 0. The van der Waals surface area contributed by atoms with Crippen LogP contribution in [-0.2, 0) is 9.59 Å². The lowest BCUT2D eigenvalue weighted by atomic mass is 10.2. The second-order valence-corrected chi connectivity index (χ2v) is 6.25. The molecule has 0 radical (unpaired) electrons. The Morgan fingerprint density at radius 2 is 1.68 bits per heavy atom. The Morgan fingerprint density at radius 1 is 0.968 bits per heavy atom. The number of hydrogen-bond acceptors (Lipinski definition) is 6. The molecule has 0 heterocycles. The number of benzene rings is 3. The number of carbonyl (C=O) groups excluding carboxylic acids is 2. The molecule has 3 aromatic carbocycles. The van der Waals surface area contributed by atoms with Crippen LogP contribution >= 0.6 is 0 Å². The van der Waals surface area contributed by atoms with E-state index in [0.29, 0.717) is 35.1 Å². The Hall–Kier alpha value is -4.33. The van der Waals surface area contributed by atoms with Gasteiger partial charge in [0.25, 0.3) is 0 Å². The van der Waals surface area contributed by atoms with Crippen molar-refractivity contribution in [3.63, 3.8) is 0 Å². The highest BCUT2D eigenvalue weighted by atomic mass is 16.5. The van der Waals surface area contributed by atoms with Crippen LogP contribution in [0.4, 0.5) is 5.69 Å². The van der Waals surface area contributed by atoms with Crippen LogP contribution < -0.4 is 20.2 Å². The number of hydrazone groups is 1. The topological polar surface area (TPSA) is 109 Å². The molecule has 31 heavy (non-hydrogen) atoms. The molecule has 3 rings (SSSR count). The van der Waals surface area contributed by atoms with Crippen molar-refractivity contribution < 1.29 is 24.2 Å². The van der Waals surface area contributed by atoms with E-state index in [4.69, 9.17) is 9.47 Å². The van der Waals surface area contributed by atoms with E-state index in [9.17, 15) is 14.7 Å². The van der Waals surface area contributed by atoms with Gasteiger partial charge < -0.3 is 19.9 Å². The van der Waals surface area contributed by atoms with Crippen LogP contribution in [0.1, 0.15) is 12.5 Å². The van der Waals surface area contributed by atoms with Crippen molar-refractivity contribution in [2.24, 2.45) is 5.10 Å². The van der Waals surface area contributed by atoms with Gasteiger partial charge in [-0.3, -0.25) is 9.59 Å². The number of carbonyl (C=O) groups is 2. The lowest BCUT2D eigenvalue weighted by Crippen LogP contribution is -2.32. The Balaban J connectivity index is 1.52. The zero-order valence-electron chi connectivity index (χ0n) is 16.7. The molecule has 0 aliphatic carbocycles. The third-order valence-electron chi connectivity index (χ3n) is 3.96. The van der Waals surface area contributed by atoms with Crippen LogP contribution in [0, 0.1) is 0 Å². The maximum atomic E-state index is 12.0. The first-order valence-corrected chi connectivity index (χ1v) is 9.48. The van der Waals surface area contributed by atoms with Gasteiger partial charge in [0.2, 0.25) is 0 Å². The Kier molecular flexibility index (Phi) is 7.21. The van der Waals surface area contributed by atoms with Gasteiger partial charge in [-0.1, -0.05) is 18.2 Å². The first-order valence-electron chi connectivity index (χ1n) is 9.48. The van der Waals surface area contributed by atoms with Gasteiger partial charge in [0.15, 0.2) is 11.5 Å². The highest BCUT2D eigenvalue weighted by Gasteiger charge is 2.13. The maximum Gasteiger partial charge on any atom is 0.329 e. The molecule has 0 spiro atoms. The van der Waals surface area contributed by atoms with Gasteiger partial charge in [0.1, 0.15) is 11.5 Å². The first-order chi connectivity index (χ1) is 15.0. The lowest BCUT2D eigenvalue weighted by molar-refractivity contribution is -0.136. The lowest BCUT2D eigenvalue weighted by Gasteiger charge is -2.07. The summed E-state index contributed by atoms with van der Waals surface area (Å²) >= 11 is 0. The van der Waals surface area contributed by atoms with Crippen molar-refractivity contribution in [2.75, 3.05) is 11.9 Å². The molecule has 8 nitrogen and oxygen atoms in total. The summed E-state index contributed by atoms with van der Waals surface area (Å²) in [5.74, 6) is -0.200. The molecule has 0 saturated carbocycles. The molecule has 0 aromatic heterocycles. The number of rotatable bonds is 7. The van der Waals surface area contributed by atoms with Gasteiger partial charge in [0, 0.05) is 5.69 Å². The molecule has 0 aliphatic rings. The zero-order chi connectivity index (χ0) is 22.1. The number of hydrogen-bond donors (Lipinski definition) is 3. The van der Waals surface area contributed by atoms with E-state index in [-0.39, 0.29) is 5.75 Å². The summed E-state index contributed by atoms with van der Waals surface area (Å²) in [6, 6.07) is 20.5. The summed E-state index contributed by atoms with van der Waals surface area (Å²) < 4.78 is 11.0. The number of ether oxygens (including phenoxy) is 2. The molecule has 0 bridgehead atoms. The maximum absolute atomic E-state index is 12.0. The van der Waals surface area contributed by atoms with Crippen molar-refractivity contribution in [2.45, 2.75) is 6.92 Å². The minimum Gasteiger partial charge on any atom is -0.504 e. The summed E-state index contributed by atoms with van der Waals surface area (Å²) in [6.07, 6.45) is 1.34. The van der Waals surface area contributed by atoms with Crippen molar-refractivity contribution in [3.8, 4) is 23.0 Å². The van der Waals surface area contributed by atoms with Crippen molar-refractivity contribution in [3.05, 3.63) is 78.4 Å². The minimum atomic E-state index is -0.926. The van der Waals surface area contributed by atoms with Crippen LogP contribution in [0.2, 0.25) is 0 Å². The number of anilines is 1. The predicted molar refractivity (Wildman–Crippen MR) is 117 cm³/mol. The van der Waals surface area contributed by atoms with E-state index in [2.05, 4.69) is 15.8 Å². The third-order valence-corrected chi connectivity index (χ3v) is 3.96. The number of nitrogens with zero attached hydrogens (tertiary/aromatic N) is 1. The second kappa shape index (κ2) is 10.4. The summed E-state index contributed by atoms with van der Waals surface area (Å²) in [6.45, 7) is 2.19. The van der Waals surface area contributed by atoms with E-state index in [1.54, 1.807) is 43.3 Å². The minimum absolute atomic E-state index is 0.00241. The molecule has 0 fully saturated rings. The first kappa shape index (κ1) is 21.4. The second-order valence-electron chi connectivity index (χ2n) is 6.25. The van der Waals surface area contributed by atoms with E-state index >= 15 is 0 Å². The normalized spacial score (nSPS) is 10.5. The fraction of sp³-hybridized carbons (Fsp3) is 0.0870. The van der Waals surface area contributed by atoms with Gasteiger partial charge in [-0.05, 0) is 67.1 Å². The van der Waals surface area contributed by atoms with Crippen LogP contribution in [-0.4, -0.2) is 29.7 Å². The van der Waals surface area contributed by atoms with E-state index < -0.39 is 11.8 Å². The monoisotopic (exact) mass is 419 g/mol. The van der Waals surface area contributed by atoms with Crippen LogP contribution in [0.25, 0.3) is 0 Å². The quantitative estimate of drug-likeness (QED) is 0.308. The van der Waals surface area contributed by atoms with Gasteiger partial charge in [0.05, 0.1) is 12.8 Å². The van der Waals surface area contributed by atoms with Crippen molar-refractivity contribution in [1.29, 1.82) is 0 Å². The van der Waals surface area contributed by atoms with Gasteiger partial charge in [-0.2, -0.15) is 5.10 Å². The van der Waals surface area contributed by atoms with Gasteiger partial charge in [-0.15, -0.1) is 0 Å². The molecule has 0 unspecified atom stereocenters. The van der Waals surface area contributed by atoms with E-state index in [1.165, 1.54) is 12.3 Å². The molecular weight excluding hydrogens is 398 g/mol. The summed E-state index contributed by atoms with van der Waals surface area (Å²) in [4.78, 5) is 24.0. The summed E-state index contributed by atoms with van der Waals surface area (Å²) in [5, 5.41) is 15.9. The largest absolute Gasteiger partial charge is 0.504 e. The fourth-order valence-corrected chi connectivity index (χ4v) is 2.52. The number of phenolic OH excluding ortho intramolecular Hbond substituents is 1. The number of para-hydroxylation sites is 1. The van der Waals surface area contributed by atoms with E-state index in [0.717, 1.165) is 0 Å². The molecule has 0 saturated heterocycles. The molecular formula is C23H21N3O5. The van der Waals surface area contributed by atoms with E-state index in [1.807, 2.05) is 30.3 Å². The average molecular weight is 419 g/mol. The molecule has 0 aliphatic heterocycles. The summed E-state index contributed by atoms with van der Waals surface area (Å²) in [5.41, 5.74) is 3.17. The molecule has 8 heteroatoms. The van der Waals surface area contributed by atoms with Crippen molar-refractivity contribution >= 4 is 23.7 Å². The predicted octanol–water partition coefficient (Wildman–Crippen LogP) is 3.67. The zero-order valence-corrected chi connectivity index (χ0v) is 16.7. The van der Waals surface area contributed by atoms with Gasteiger partial charge in [-0.25, -0.2) is 5.43 Å². The molecule has 0 atom stereocenters. The molecule has 158 valence electrons. The van der Waals surface area contributed by atoms with Gasteiger partial charge >= 0.3 is 11.8 Å². The van der Waals surface area contributed by atoms with Crippen LogP contribution in [0.5, 0.6) is 23.0 Å². The highest BCUT2D eigenvalue weighted by Crippen LogP contribution is 2.26.